The maximum absolute atomic E-state index is 9.92. The number of aliphatic hydroxyl groups is 1. The third-order valence-corrected chi connectivity index (χ3v) is 3.74. The van der Waals surface area contributed by atoms with Crippen molar-refractivity contribution in [3.63, 3.8) is 0 Å². The smallest absolute Gasteiger partial charge is 0.0625 e. The highest BCUT2D eigenvalue weighted by Gasteiger charge is 2.10. The average molecular weight is 275 g/mol. The van der Waals surface area contributed by atoms with E-state index in [4.69, 9.17) is 23.2 Å². The van der Waals surface area contributed by atoms with E-state index in [0.717, 1.165) is 18.4 Å². The Labute approximate surface area is 114 Å². The zero-order chi connectivity index (χ0) is 12.7. The Kier molecular flexibility index (Phi) is 6.94. The summed E-state index contributed by atoms with van der Waals surface area (Å²) in [7, 11) is 0. The van der Waals surface area contributed by atoms with Crippen molar-refractivity contribution >= 4 is 23.2 Å². The second-order valence-electron chi connectivity index (χ2n) is 4.42. The van der Waals surface area contributed by atoms with Crippen LogP contribution in [0.15, 0.2) is 18.2 Å². The predicted octanol–water partition coefficient (Wildman–Crippen LogP) is 4.87. The summed E-state index contributed by atoms with van der Waals surface area (Å²) in [5.74, 6) is 0. The molecule has 1 aromatic carbocycles. The summed E-state index contributed by atoms with van der Waals surface area (Å²) >= 11 is 12.0. The highest BCUT2D eigenvalue weighted by Crippen LogP contribution is 2.26. The van der Waals surface area contributed by atoms with Gasteiger partial charge in [-0.25, -0.2) is 0 Å². The second-order valence-corrected chi connectivity index (χ2v) is 5.21. The molecule has 1 rings (SSSR count). The van der Waals surface area contributed by atoms with Crippen molar-refractivity contribution in [1.29, 1.82) is 0 Å². The van der Waals surface area contributed by atoms with Crippen molar-refractivity contribution in [2.75, 3.05) is 0 Å². The molecule has 0 spiro atoms. The largest absolute Gasteiger partial charge is 0.393 e. The average Bonchev–Trinajstić information content (AvgIpc) is 2.31. The molecule has 0 aliphatic heterocycles. The van der Waals surface area contributed by atoms with E-state index in [1.54, 1.807) is 6.07 Å². The lowest BCUT2D eigenvalue weighted by molar-refractivity contribution is 0.161. The molecule has 1 unspecified atom stereocenters. The van der Waals surface area contributed by atoms with Crippen LogP contribution in [0.3, 0.4) is 0 Å². The Balaban J connectivity index is 2.39. The van der Waals surface area contributed by atoms with Gasteiger partial charge in [0.25, 0.3) is 0 Å². The standard InChI is InChI=1S/C14H20Cl2O/c1-2-3-4-5-8-12(17)10-11-7-6-9-13(15)14(11)16/h6-7,9,12,17H,2-5,8,10H2,1H3. The lowest BCUT2D eigenvalue weighted by atomic mass is 10.0. The van der Waals surface area contributed by atoms with Gasteiger partial charge in [-0.1, -0.05) is 67.9 Å². The summed E-state index contributed by atoms with van der Waals surface area (Å²) in [5, 5.41) is 11.0. The molecular formula is C14H20Cl2O. The molecule has 1 nitrogen and oxygen atoms in total. The summed E-state index contributed by atoms with van der Waals surface area (Å²) in [6.07, 6.45) is 5.84. The molecule has 1 N–H and O–H groups in total. The first-order valence-corrected chi connectivity index (χ1v) is 7.01. The Morgan fingerprint density at radius 3 is 2.65 bits per heavy atom. The summed E-state index contributed by atoms with van der Waals surface area (Å²) < 4.78 is 0. The Morgan fingerprint density at radius 2 is 1.94 bits per heavy atom. The van der Waals surface area contributed by atoms with E-state index in [-0.39, 0.29) is 6.10 Å². The van der Waals surface area contributed by atoms with Crippen LogP contribution >= 0.6 is 23.2 Å². The van der Waals surface area contributed by atoms with E-state index in [2.05, 4.69) is 6.92 Å². The summed E-state index contributed by atoms with van der Waals surface area (Å²) in [6, 6.07) is 5.55. The number of hydrogen-bond acceptors (Lipinski definition) is 1. The van der Waals surface area contributed by atoms with Gasteiger partial charge in [0.15, 0.2) is 0 Å². The molecule has 17 heavy (non-hydrogen) atoms. The molecule has 0 aliphatic carbocycles. The van der Waals surface area contributed by atoms with Gasteiger partial charge in [0.2, 0.25) is 0 Å². The third kappa shape index (κ3) is 5.29. The molecule has 0 saturated heterocycles. The fourth-order valence-corrected chi connectivity index (χ4v) is 2.27. The van der Waals surface area contributed by atoms with Crippen molar-refractivity contribution < 1.29 is 5.11 Å². The van der Waals surface area contributed by atoms with Gasteiger partial charge in [0.05, 0.1) is 16.1 Å². The minimum absolute atomic E-state index is 0.317. The zero-order valence-corrected chi connectivity index (χ0v) is 11.8. The number of benzene rings is 1. The van der Waals surface area contributed by atoms with Crippen LogP contribution in [0.2, 0.25) is 10.0 Å². The van der Waals surface area contributed by atoms with E-state index >= 15 is 0 Å². The molecule has 3 heteroatoms. The van der Waals surface area contributed by atoms with Gasteiger partial charge < -0.3 is 5.11 Å². The van der Waals surface area contributed by atoms with Crippen LogP contribution < -0.4 is 0 Å². The Hall–Kier alpha value is -0.240. The summed E-state index contributed by atoms with van der Waals surface area (Å²) in [6.45, 7) is 2.18. The lowest BCUT2D eigenvalue weighted by Gasteiger charge is -2.12. The Morgan fingerprint density at radius 1 is 1.18 bits per heavy atom. The molecule has 1 aromatic rings. The number of aliphatic hydroxyl groups excluding tert-OH is 1. The van der Waals surface area contributed by atoms with Crippen LogP contribution in [-0.2, 0) is 6.42 Å². The molecule has 0 heterocycles. The maximum Gasteiger partial charge on any atom is 0.0625 e. The van der Waals surface area contributed by atoms with Crippen molar-refractivity contribution in [1.82, 2.24) is 0 Å². The third-order valence-electron chi connectivity index (χ3n) is 2.88. The predicted molar refractivity (Wildman–Crippen MR) is 74.9 cm³/mol. The Bertz CT molecular complexity index is 339. The molecule has 0 radical (unpaired) electrons. The van der Waals surface area contributed by atoms with Gasteiger partial charge in [-0.05, 0) is 24.5 Å². The topological polar surface area (TPSA) is 20.2 Å². The van der Waals surface area contributed by atoms with E-state index in [1.165, 1.54) is 19.3 Å². The molecule has 0 aliphatic rings. The molecule has 96 valence electrons. The minimum Gasteiger partial charge on any atom is -0.393 e. The van der Waals surface area contributed by atoms with Crippen LogP contribution in [0.4, 0.5) is 0 Å². The first kappa shape index (κ1) is 14.8. The van der Waals surface area contributed by atoms with Crippen LogP contribution in [0.25, 0.3) is 0 Å². The van der Waals surface area contributed by atoms with Gasteiger partial charge in [-0.15, -0.1) is 0 Å². The quantitative estimate of drug-likeness (QED) is 0.704. The fraction of sp³-hybridized carbons (Fsp3) is 0.571. The fourth-order valence-electron chi connectivity index (χ4n) is 1.87. The van der Waals surface area contributed by atoms with Crippen LogP contribution in [-0.4, -0.2) is 11.2 Å². The lowest BCUT2D eigenvalue weighted by Crippen LogP contribution is -2.10. The van der Waals surface area contributed by atoms with Crippen molar-refractivity contribution in [2.24, 2.45) is 0 Å². The molecule has 0 fully saturated rings. The molecule has 0 aromatic heterocycles. The highest BCUT2D eigenvalue weighted by atomic mass is 35.5. The van der Waals surface area contributed by atoms with Gasteiger partial charge in [-0.2, -0.15) is 0 Å². The number of rotatable bonds is 7. The van der Waals surface area contributed by atoms with Crippen LogP contribution in [0.1, 0.15) is 44.6 Å². The SMILES string of the molecule is CCCCCCC(O)Cc1cccc(Cl)c1Cl. The summed E-state index contributed by atoms with van der Waals surface area (Å²) in [5.41, 5.74) is 0.933. The van der Waals surface area contributed by atoms with Gasteiger partial charge in [0.1, 0.15) is 0 Å². The van der Waals surface area contributed by atoms with Crippen LogP contribution in [0.5, 0.6) is 0 Å². The van der Waals surface area contributed by atoms with Crippen molar-refractivity contribution in [2.45, 2.75) is 51.6 Å². The monoisotopic (exact) mass is 274 g/mol. The van der Waals surface area contributed by atoms with Crippen molar-refractivity contribution in [3.05, 3.63) is 33.8 Å². The first-order valence-electron chi connectivity index (χ1n) is 6.26. The zero-order valence-electron chi connectivity index (χ0n) is 10.3. The van der Waals surface area contributed by atoms with E-state index in [1.807, 2.05) is 12.1 Å². The van der Waals surface area contributed by atoms with E-state index in [9.17, 15) is 5.11 Å². The molecular weight excluding hydrogens is 255 g/mol. The first-order chi connectivity index (χ1) is 8.15. The molecule has 0 bridgehead atoms. The van der Waals surface area contributed by atoms with E-state index in [0.29, 0.717) is 16.5 Å². The van der Waals surface area contributed by atoms with Gasteiger partial charge in [-0.3, -0.25) is 0 Å². The second kappa shape index (κ2) is 7.97. The number of unbranched alkanes of at least 4 members (excludes halogenated alkanes) is 3. The molecule has 0 amide bonds. The molecule has 1 atom stereocenters. The van der Waals surface area contributed by atoms with Gasteiger partial charge in [0, 0.05) is 0 Å². The minimum atomic E-state index is -0.317. The maximum atomic E-state index is 9.92. The number of hydrogen-bond donors (Lipinski definition) is 1. The number of halogens is 2. The van der Waals surface area contributed by atoms with Gasteiger partial charge >= 0.3 is 0 Å². The van der Waals surface area contributed by atoms with Crippen molar-refractivity contribution in [3.8, 4) is 0 Å². The van der Waals surface area contributed by atoms with E-state index < -0.39 is 0 Å². The van der Waals surface area contributed by atoms with Crippen LogP contribution in [0, 0.1) is 0 Å². The summed E-state index contributed by atoms with van der Waals surface area (Å²) in [4.78, 5) is 0. The molecule has 0 saturated carbocycles. The highest BCUT2D eigenvalue weighted by molar-refractivity contribution is 6.42. The normalized spacial score (nSPS) is 12.7.